The van der Waals surface area contributed by atoms with Crippen molar-refractivity contribution in [3.63, 3.8) is 0 Å². The van der Waals surface area contributed by atoms with Crippen molar-refractivity contribution in [2.24, 2.45) is 0 Å². The largest absolute Gasteiger partial charge is 0.497 e. The van der Waals surface area contributed by atoms with Gasteiger partial charge >= 0.3 is 12.1 Å². The van der Waals surface area contributed by atoms with E-state index in [1.807, 2.05) is 18.2 Å². The normalized spacial score (nSPS) is 9.96. The first-order valence-corrected chi connectivity index (χ1v) is 6.95. The molecule has 0 atom stereocenters. The summed E-state index contributed by atoms with van der Waals surface area (Å²) in [4.78, 5) is 22.6. The van der Waals surface area contributed by atoms with Crippen molar-refractivity contribution < 1.29 is 23.8 Å². The lowest BCUT2D eigenvalue weighted by Gasteiger charge is -2.10. The van der Waals surface area contributed by atoms with Gasteiger partial charge in [0.25, 0.3) is 0 Å². The van der Waals surface area contributed by atoms with Crippen LogP contribution in [0, 0.1) is 0 Å². The molecule has 120 valence electrons. The third kappa shape index (κ3) is 4.47. The predicted molar refractivity (Wildman–Crippen MR) is 85.7 cm³/mol. The minimum Gasteiger partial charge on any atom is -0.497 e. The molecule has 0 heterocycles. The lowest BCUT2D eigenvalue weighted by Crippen LogP contribution is -2.30. The fourth-order valence-corrected chi connectivity index (χ4v) is 1.95. The highest BCUT2D eigenvalue weighted by Crippen LogP contribution is 2.28. The Bertz CT molecular complexity index is 726. The van der Waals surface area contributed by atoms with Gasteiger partial charge in [-0.1, -0.05) is 18.7 Å². The van der Waals surface area contributed by atoms with Crippen molar-refractivity contribution in [2.75, 3.05) is 20.3 Å². The van der Waals surface area contributed by atoms with Gasteiger partial charge in [0, 0.05) is 11.5 Å². The van der Waals surface area contributed by atoms with E-state index in [9.17, 15) is 9.59 Å². The van der Waals surface area contributed by atoms with Crippen LogP contribution in [0.25, 0.3) is 10.8 Å². The summed E-state index contributed by atoms with van der Waals surface area (Å²) in [5.41, 5.74) is 0. The molecular weight excluding hydrogens is 298 g/mol. The number of nitrogens with one attached hydrogen (secondary N) is 1. The van der Waals surface area contributed by atoms with E-state index in [1.165, 1.54) is 0 Å². The summed E-state index contributed by atoms with van der Waals surface area (Å²) in [5.74, 6) is 0.622. The first-order valence-electron chi connectivity index (χ1n) is 6.95. The molecule has 0 aliphatic heterocycles. The smallest absolute Gasteiger partial charge is 0.412 e. The van der Waals surface area contributed by atoms with Gasteiger partial charge in [-0.2, -0.15) is 0 Å². The molecule has 0 bridgehead atoms. The monoisotopic (exact) mass is 315 g/mol. The predicted octanol–water partition coefficient (Wildman–Crippen LogP) is 2.67. The van der Waals surface area contributed by atoms with E-state index in [-0.39, 0.29) is 13.2 Å². The van der Waals surface area contributed by atoms with E-state index < -0.39 is 12.1 Å². The first-order chi connectivity index (χ1) is 11.1. The summed E-state index contributed by atoms with van der Waals surface area (Å²) in [6.45, 7) is 3.47. The molecule has 0 unspecified atom stereocenters. The quantitative estimate of drug-likeness (QED) is 0.504. The fourth-order valence-electron chi connectivity index (χ4n) is 1.95. The third-order valence-electron chi connectivity index (χ3n) is 3.03. The Hall–Kier alpha value is -3.02. The molecule has 1 N–H and O–H groups in total. The average Bonchev–Trinajstić information content (AvgIpc) is 2.58. The van der Waals surface area contributed by atoms with Crippen LogP contribution in [0.4, 0.5) is 4.79 Å². The van der Waals surface area contributed by atoms with E-state index in [4.69, 9.17) is 14.2 Å². The van der Waals surface area contributed by atoms with E-state index >= 15 is 0 Å². The Labute approximate surface area is 133 Å². The molecule has 0 fully saturated rings. The van der Waals surface area contributed by atoms with Crippen LogP contribution < -0.4 is 14.8 Å². The van der Waals surface area contributed by atoms with Crippen LogP contribution in [0.5, 0.6) is 11.5 Å². The highest BCUT2D eigenvalue weighted by molar-refractivity contribution is 5.91. The van der Waals surface area contributed by atoms with Gasteiger partial charge in [0.15, 0.2) is 0 Å². The maximum atomic E-state index is 11.8. The maximum Gasteiger partial charge on any atom is 0.412 e. The number of hydrogen-bond acceptors (Lipinski definition) is 5. The second kappa shape index (κ2) is 7.84. The summed E-state index contributed by atoms with van der Waals surface area (Å²) in [6.07, 6.45) is 0.436. The SMILES string of the molecule is C=CC(=O)OCCNC(=O)Oc1cccc2cc(OC)ccc12. The topological polar surface area (TPSA) is 73.9 Å². The molecular formula is C17H17NO5. The van der Waals surface area contributed by atoms with Gasteiger partial charge in [0.2, 0.25) is 0 Å². The van der Waals surface area contributed by atoms with Crippen LogP contribution >= 0.6 is 0 Å². The van der Waals surface area contributed by atoms with Gasteiger partial charge in [-0.05, 0) is 29.7 Å². The van der Waals surface area contributed by atoms with Crippen LogP contribution in [0.2, 0.25) is 0 Å². The summed E-state index contributed by atoms with van der Waals surface area (Å²) >= 11 is 0. The van der Waals surface area contributed by atoms with Crippen LogP contribution in [0.1, 0.15) is 0 Å². The number of ether oxygens (including phenoxy) is 3. The molecule has 0 aromatic heterocycles. The minimum atomic E-state index is -0.622. The van der Waals surface area contributed by atoms with Gasteiger partial charge in [0.05, 0.1) is 13.7 Å². The van der Waals surface area contributed by atoms with E-state index in [2.05, 4.69) is 11.9 Å². The lowest BCUT2D eigenvalue weighted by atomic mass is 10.1. The van der Waals surface area contributed by atoms with Crippen molar-refractivity contribution in [2.45, 2.75) is 0 Å². The summed E-state index contributed by atoms with van der Waals surface area (Å²) in [7, 11) is 1.59. The highest BCUT2D eigenvalue weighted by Gasteiger charge is 2.08. The molecule has 0 saturated carbocycles. The van der Waals surface area contributed by atoms with Crippen molar-refractivity contribution in [1.29, 1.82) is 0 Å². The molecule has 0 aliphatic rings. The third-order valence-corrected chi connectivity index (χ3v) is 3.03. The molecule has 2 aromatic rings. The molecule has 6 heteroatoms. The van der Waals surface area contributed by atoms with E-state index in [1.54, 1.807) is 25.3 Å². The lowest BCUT2D eigenvalue weighted by molar-refractivity contribution is -0.137. The molecule has 23 heavy (non-hydrogen) atoms. The number of amides is 1. The molecule has 0 saturated heterocycles. The number of carbonyl (C=O) groups is 2. The Balaban J connectivity index is 1.97. The second-order valence-corrected chi connectivity index (χ2v) is 4.53. The number of hydrogen-bond donors (Lipinski definition) is 1. The standard InChI is InChI=1S/C17H17NO5/c1-3-16(19)22-10-9-18-17(20)23-15-6-4-5-12-11-13(21-2)7-8-14(12)15/h3-8,11H,1,9-10H2,2H3,(H,18,20). The van der Waals surface area contributed by atoms with Crippen molar-refractivity contribution in [1.82, 2.24) is 5.32 Å². The summed E-state index contributed by atoms with van der Waals surface area (Å²) in [5, 5.41) is 4.19. The zero-order chi connectivity index (χ0) is 16.7. The Kier molecular flexibility index (Phi) is 5.57. The molecule has 2 rings (SSSR count). The van der Waals surface area contributed by atoms with Crippen LogP contribution in [-0.4, -0.2) is 32.3 Å². The number of rotatable bonds is 6. The van der Waals surface area contributed by atoms with Gasteiger partial charge in [-0.3, -0.25) is 0 Å². The zero-order valence-electron chi connectivity index (χ0n) is 12.7. The molecule has 0 radical (unpaired) electrons. The van der Waals surface area contributed by atoms with Crippen molar-refractivity contribution in [3.8, 4) is 11.5 Å². The number of carbonyl (C=O) groups excluding carboxylic acids is 2. The number of esters is 1. The summed E-state index contributed by atoms with van der Waals surface area (Å²) in [6, 6.07) is 10.9. The molecule has 0 spiro atoms. The van der Waals surface area contributed by atoms with Crippen LogP contribution in [-0.2, 0) is 9.53 Å². The second-order valence-electron chi connectivity index (χ2n) is 4.53. The fraction of sp³-hybridized carbons (Fsp3) is 0.176. The first kappa shape index (κ1) is 16.4. The van der Waals surface area contributed by atoms with Crippen molar-refractivity contribution >= 4 is 22.8 Å². The van der Waals surface area contributed by atoms with Crippen LogP contribution in [0.15, 0.2) is 49.1 Å². The number of methoxy groups -OCH3 is 1. The number of fused-ring (bicyclic) bond motifs is 1. The average molecular weight is 315 g/mol. The molecule has 2 aromatic carbocycles. The molecule has 6 nitrogen and oxygen atoms in total. The van der Waals surface area contributed by atoms with Crippen LogP contribution in [0.3, 0.4) is 0 Å². The van der Waals surface area contributed by atoms with Gasteiger partial charge in [-0.25, -0.2) is 9.59 Å². The number of benzene rings is 2. The maximum absolute atomic E-state index is 11.8. The Morgan fingerprint density at radius 1 is 1.26 bits per heavy atom. The molecule has 0 aliphatic carbocycles. The Morgan fingerprint density at radius 3 is 2.83 bits per heavy atom. The Morgan fingerprint density at radius 2 is 2.09 bits per heavy atom. The van der Waals surface area contributed by atoms with Gasteiger partial charge < -0.3 is 19.5 Å². The van der Waals surface area contributed by atoms with Gasteiger partial charge in [-0.15, -0.1) is 0 Å². The minimum absolute atomic E-state index is 0.0483. The van der Waals surface area contributed by atoms with Crippen molar-refractivity contribution in [3.05, 3.63) is 49.1 Å². The van der Waals surface area contributed by atoms with E-state index in [0.29, 0.717) is 5.75 Å². The highest BCUT2D eigenvalue weighted by atomic mass is 16.6. The van der Waals surface area contributed by atoms with Gasteiger partial charge in [0.1, 0.15) is 18.1 Å². The summed E-state index contributed by atoms with van der Waals surface area (Å²) < 4.78 is 15.2. The molecule has 1 amide bonds. The zero-order valence-corrected chi connectivity index (χ0v) is 12.7. The van der Waals surface area contributed by atoms with E-state index in [0.717, 1.165) is 22.6 Å².